The number of nitrogens with one attached hydrogen (secondary N) is 2. The second-order valence-corrected chi connectivity index (χ2v) is 7.27. The summed E-state index contributed by atoms with van der Waals surface area (Å²) >= 11 is 1.42. The summed E-state index contributed by atoms with van der Waals surface area (Å²) in [6.07, 6.45) is 0. The number of thioether (sulfide) groups is 1. The van der Waals surface area contributed by atoms with Gasteiger partial charge in [-0.15, -0.1) is 5.10 Å². The minimum atomic E-state index is -0.576. The lowest BCUT2D eigenvalue weighted by Gasteiger charge is -2.13. The Morgan fingerprint density at radius 1 is 1.14 bits per heavy atom. The monoisotopic (exact) mass is 411 g/mol. The van der Waals surface area contributed by atoms with Crippen LogP contribution in [0.3, 0.4) is 0 Å². The normalized spacial score (nSPS) is 13.0. The van der Waals surface area contributed by atoms with E-state index >= 15 is 0 Å². The summed E-state index contributed by atoms with van der Waals surface area (Å²) in [7, 11) is 0. The number of hydrogen-bond donors (Lipinski definition) is 2. The number of anilines is 2. The first kappa shape index (κ1) is 18.8. The van der Waals surface area contributed by atoms with Gasteiger partial charge in [-0.1, -0.05) is 18.7 Å². The van der Waals surface area contributed by atoms with Crippen LogP contribution in [0.15, 0.2) is 47.6 Å². The first-order valence-electron chi connectivity index (χ1n) is 8.63. The van der Waals surface area contributed by atoms with E-state index in [-0.39, 0.29) is 28.3 Å². The van der Waals surface area contributed by atoms with Crippen LogP contribution in [0.25, 0.3) is 0 Å². The quantitative estimate of drug-likeness (QED) is 0.493. The molecule has 1 aromatic heterocycles. The third-order valence-electron chi connectivity index (χ3n) is 4.20. The number of aromatic nitrogens is 3. The second kappa shape index (κ2) is 7.47. The molecule has 4 rings (SSSR count). The van der Waals surface area contributed by atoms with Gasteiger partial charge < -0.3 is 0 Å². The number of hydrogen-bond acceptors (Lipinski definition) is 6. The molecule has 0 spiro atoms. The van der Waals surface area contributed by atoms with E-state index in [2.05, 4.69) is 20.5 Å². The molecule has 1 aliphatic rings. The van der Waals surface area contributed by atoms with Crippen LogP contribution >= 0.6 is 11.8 Å². The first-order valence-corrected chi connectivity index (χ1v) is 9.61. The van der Waals surface area contributed by atoms with E-state index in [1.54, 1.807) is 0 Å². The molecule has 0 atom stereocenters. The topological polar surface area (TPSA) is 108 Å². The minimum Gasteiger partial charge on any atom is -0.291 e. The SMILES string of the molecule is CCSc1n[nH]c(NC(=O)c2ccc3c(c2)C(=O)N(c2ccc(F)cc2)C3=O)n1. The predicted molar refractivity (Wildman–Crippen MR) is 105 cm³/mol. The molecule has 3 amide bonds. The molecule has 0 bridgehead atoms. The number of imide groups is 1. The van der Waals surface area contributed by atoms with Crippen molar-refractivity contribution in [3.63, 3.8) is 0 Å². The second-order valence-electron chi connectivity index (χ2n) is 6.04. The summed E-state index contributed by atoms with van der Waals surface area (Å²) in [5.74, 6) is -1.11. The number of H-pyrrole nitrogens is 1. The summed E-state index contributed by atoms with van der Waals surface area (Å²) in [6, 6.07) is 9.26. The molecule has 0 radical (unpaired) electrons. The van der Waals surface area contributed by atoms with Gasteiger partial charge in [-0.05, 0) is 48.2 Å². The number of nitrogens with zero attached hydrogens (tertiary/aromatic N) is 3. The van der Waals surface area contributed by atoms with Crippen LogP contribution in [-0.4, -0.2) is 38.7 Å². The number of fused-ring (bicyclic) bond motifs is 1. The third-order valence-corrected chi connectivity index (χ3v) is 4.93. The molecular weight excluding hydrogens is 397 g/mol. The molecule has 0 fully saturated rings. The Bertz CT molecular complexity index is 1130. The average molecular weight is 411 g/mol. The lowest BCUT2D eigenvalue weighted by molar-refractivity contribution is 0.0925. The molecule has 2 aromatic carbocycles. The van der Waals surface area contributed by atoms with Crippen molar-refractivity contribution >= 4 is 41.1 Å². The Hall–Kier alpha value is -3.53. The summed E-state index contributed by atoms with van der Waals surface area (Å²) in [5.41, 5.74) is 0.724. The van der Waals surface area contributed by atoms with E-state index in [0.29, 0.717) is 5.16 Å². The number of amides is 3. The first-order chi connectivity index (χ1) is 14.0. The number of benzene rings is 2. The van der Waals surface area contributed by atoms with Crippen molar-refractivity contribution < 1.29 is 18.8 Å². The van der Waals surface area contributed by atoms with Gasteiger partial charge in [-0.3, -0.25) is 19.7 Å². The number of halogens is 1. The van der Waals surface area contributed by atoms with Crippen LogP contribution in [0.1, 0.15) is 38.0 Å². The van der Waals surface area contributed by atoms with Crippen molar-refractivity contribution in [1.82, 2.24) is 15.2 Å². The summed E-state index contributed by atoms with van der Waals surface area (Å²) in [4.78, 5) is 42.9. The van der Waals surface area contributed by atoms with Gasteiger partial charge in [0.15, 0.2) is 0 Å². The van der Waals surface area contributed by atoms with E-state index in [0.717, 1.165) is 10.7 Å². The molecule has 2 heterocycles. The fourth-order valence-electron chi connectivity index (χ4n) is 2.88. The zero-order chi connectivity index (χ0) is 20.5. The van der Waals surface area contributed by atoms with Crippen LogP contribution in [-0.2, 0) is 0 Å². The average Bonchev–Trinajstić information content (AvgIpc) is 3.25. The Balaban J connectivity index is 1.58. The Kier molecular flexibility index (Phi) is 4.85. The van der Waals surface area contributed by atoms with Crippen LogP contribution in [0, 0.1) is 5.82 Å². The van der Waals surface area contributed by atoms with Crippen molar-refractivity contribution in [3.05, 3.63) is 65.0 Å². The highest BCUT2D eigenvalue weighted by atomic mass is 32.2. The molecule has 0 saturated heterocycles. The highest BCUT2D eigenvalue weighted by molar-refractivity contribution is 7.99. The minimum absolute atomic E-state index is 0.103. The van der Waals surface area contributed by atoms with Gasteiger partial charge in [0, 0.05) is 5.56 Å². The van der Waals surface area contributed by atoms with E-state index < -0.39 is 23.5 Å². The maximum Gasteiger partial charge on any atom is 0.266 e. The van der Waals surface area contributed by atoms with Crippen LogP contribution in [0.2, 0.25) is 0 Å². The predicted octanol–water partition coefficient (Wildman–Crippen LogP) is 3.11. The molecule has 0 aliphatic carbocycles. The van der Waals surface area contributed by atoms with Gasteiger partial charge in [-0.2, -0.15) is 4.98 Å². The zero-order valence-electron chi connectivity index (χ0n) is 15.1. The van der Waals surface area contributed by atoms with Crippen molar-refractivity contribution in [2.75, 3.05) is 16.0 Å². The highest BCUT2D eigenvalue weighted by Gasteiger charge is 2.37. The fraction of sp³-hybridized carbons (Fsp3) is 0.105. The molecule has 0 saturated carbocycles. The van der Waals surface area contributed by atoms with Crippen molar-refractivity contribution in [2.24, 2.45) is 0 Å². The fourth-order valence-corrected chi connectivity index (χ4v) is 3.41. The number of carbonyl (C=O) groups is 3. The zero-order valence-corrected chi connectivity index (χ0v) is 15.9. The Morgan fingerprint density at radius 3 is 2.59 bits per heavy atom. The highest BCUT2D eigenvalue weighted by Crippen LogP contribution is 2.29. The number of carbonyl (C=O) groups excluding carboxylic acids is 3. The molecule has 10 heteroatoms. The summed E-state index contributed by atoms with van der Waals surface area (Å²) in [6.45, 7) is 1.96. The standard InChI is InChI=1S/C19H14FN5O3S/c1-2-29-19-22-18(23-24-19)21-15(26)10-3-8-13-14(9-10)17(28)25(16(13)27)12-6-4-11(20)5-7-12/h3-9H,2H2,1H3,(H2,21,22,23,24,26). The lowest BCUT2D eigenvalue weighted by Crippen LogP contribution is -2.29. The molecule has 3 aromatic rings. The molecule has 29 heavy (non-hydrogen) atoms. The molecule has 0 unspecified atom stereocenters. The van der Waals surface area contributed by atoms with Gasteiger partial charge in [0.05, 0.1) is 16.8 Å². The molecular formula is C19H14FN5O3S. The molecule has 2 N–H and O–H groups in total. The van der Waals surface area contributed by atoms with E-state index in [1.807, 2.05) is 6.92 Å². The van der Waals surface area contributed by atoms with E-state index in [4.69, 9.17) is 0 Å². The van der Waals surface area contributed by atoms with E-state index in [9.17, 15) is 18.8 Å². The maximum absolute atomic E-state index is 13.1. The van der Waals surface area contributed by atoms with Crippen LogP contribution < -0.4 is 10.2 Å². The molecule has 146 valence electrons. The van der Waals surface area contributed by atoms with E-state index in [1.165, 1.54) is 54.2 Å². The van der Waals surface area contributed by atoms with Gasteiger partial charge in [0.1, 0.15) is 5.82 Å². The third kappa shape index (κ3) is 3.49. The summed E-state index contributed by atoms with van der Waals surface area (Å²) < 4.78 is 13.1. The van der Waals surface area contributed by atoms with Crippen LogP contribution in [0.4, 0.5) is 16.0 Å². The van der Waals surface area contributed by atoms with Gasteiger partial charge >= 0.3 is 0 Å². The summed E-state index contributed by atoms with van der Waals surface area (Å²) in [5, 5.41) is 9.66. The van der Waals surface area contributed by atoms with Gasteiger partial charge in [0.2, 0.25) is 11.1 Å². The molecule has 8 nitrogen and oxygen atoms in total. The smallest absolute Gasteiger partial charge is 0.266 e. The Labute approximate surface area is 168 Å². The lowest BCUT2D eigenvalue weighted by atomic mass is 10.1. The van der Waals surface area contributed by atoms with Crippen molar-refractivity contribution in [3.8, 4) is 0 Å². The number of aromatic amines is 1. The van der Waals surface area contributed by atoms with Crippen LogP contribution in [0.5, 0.6) is 0 Å². The largest absolute Gasteiger partial charge is 0.291 e. The molecule has 1 aliphatic heterocycles. The maximum atomic E-state index is 13.1. The Morgan fingerprint density at radius 2 is 1.86 bits per heavy atom. The van der Waals surface area contributed by atoms with Crippen molar-refractivity contribution in [2.45, 2.75) is 12.1 Å². The van der Waals surface area contributed by atoms with Gasteiger partial charge in [-0.25, -0.2) is 14.4 Å². The van der Waals surface area contributed by atoms with Crippen molar-refractivity contribution in [1.29, 1.82) is 0 Å². The number of rotatable bonds is 5. The van der Waals surface area contributed by atoms with Gasteiger partial charge in [0.25, 0.3) is 17.7 Å².